The van der Waals surface area contributed by atoms with Crippen LogP contribution in [0.4, 0.5) is 5.88 Å². The fourth-order valence-electron chi connectivity index (χ4n) is 2.37. The van der Waals surface area contributed by atoms with E-state index in [2.05, 4.69) is 29.6 Å². The smallest absolute Gasteiger partial charge is 0.244 e. The van der Waals surface area contributed by atoms with E-state index < -0.39 is 0 Å². The number of aryl methyl sites for hydroxylation is 1. The Morgan fingerprint density at radius 2 is 2.22 bits per heavy atom. The summed E-state index contributed by atoms with van der Waals surface area (Å²) < 4.78 is 5.11. The number of piperidine rings is 1. The third kappa shape index (κ3) is 2.41. The number of carbonyl (C=O) groups is 1. The number of amides is 1. The van der Waals surface area contributed by atoms with E-state index in [0.29, 0.717) is 5.88 Å². The third-order valence-electron chi connectivity index (χ3n) is 3.78. The quantitative estimate of drug-likeness (QED) is 0.843. The van der Waals surface area contributed by atoms with Crippen LogP contribution >= 0.6 is 0 Å². The van der Waals surface area contributed by atoms with E-state index in [9.17, 15) is 4.79 Å². The second-order valence-electron chi connectivity index (χ2n) is 5.69. The Balaban J connectivity index is 2.10. The zero-order valence-corrected chi connectivity index (χ0v) is 11.5. The van der Waals surface area contributed by atoms with Gasteiger partial charge < -0.3 is 9.84 Å². The van der Waals surface area contributed by atoms with E-state index in [1.54, 1.807) is 0 Å². The van der Waals surface area contributed by atoms with E-state index in [1.807, 2.05) is 13.8 Å². The van der Waals surface area contributed by atoms with Crippen molar-refractivity contribution in [2.24, 2.45) is 5.41 Å². The van der Waals surface area contributed by atoms with Crippen LogP contribution in [0.2, 0.25) is 0 Å². The average Bonchev–Trinajstić information content (AvgIpc) is 2.60. The van der Waals surface area contributed by atoms with Gasteiger partial charge in [-0.2, -0.15) is 0 Å². The van der Waals surface area contributed by atoms with Gasteiger partial charge in [-0.25, -0.2) is 0 Å². The second kappa shape index (κ2) is 4.72. The van der Waals surface area contributed by atoms with Crippen molar-refractivity contribution in [3.63, 3.8) is 0 Å². The van der Waals surface area contributed by atoms with Gasteiger partial charge in [0.2, 0.25) is 11.8 Å². The molecule has 1 aromatic heterocycles. The SMILES string of the molecule is Cc1noc(NC(=O)C2NCCCC2(C)C)c1C. The first-order valence-electron chi connectivity index (χ1n) is 6.39. The second-order valence-corrected chi connectivity index (χ2v) is 5.69. The van der Waals surface area contributed by atoms with Crippen LogP contribution in [0.5, 0.6) is 0 Å². The summed E-state index contributed by atoms with van der Waals surface area (Å²) in [7, 11) is 0. The molecular formula is C13H21N3O2. The Hall–Kier alpha value is -1.36. The average molecular weight is 251 g/mol. The molecule has 5 heteroatoms. The highest BCUT2D eigenvalue weighted by Crippen LogP contribution is 2.31. The molecule has 2 heterocycles. The molecule has 0 aliphatic carbocycles. The van der Waals surface area contributed by atoms with Crippen LogP contribution in [0.15, 0.2) is 4.52 Å². The summed E-state index contributed by atoms with van der Waals surface area (Å²) in [5.74, 6) is 0.416. The molecule has 100 valence electrons. The molecule has 0 saturated carbocycles. The lowest BCUT2D eigenvalue weighted by atomic mass is 9.77. The minimum atomic E-state index is -0.184. The topological polar surface area (TPSA) is 67.2 Å². The maximum atomic E-state index is 12.3. The Morgan fingerprint density at radius 1 is 1.50 bits per heavy atom. The zero-order valence-electron chi connectivity index (χ0n) is 11.5. The van der Waals surface area contributed by atoms with Crippen molar-refractivity contribution in [1.29, 1.82) is 0 Å². The molecule has 1 fully saturated rings. The van der Waals surface area contributed by atoms with Gasteiger partial charge in [-0.1, -0.05) is 19.0 Å². The molecule has 0 aromatic carbocycles. The van der Waals surface area contributed by atoms with E-state index in [1.165, 1.54) is 0 Å². The summed E-state index contributed by atoms with van der Waals surface area (Å²) in [4.78, 5) is 12.3. The molecule has 1 unspecified atom stereocenters. The van der Waals surface area contributed by atoms with Gasteiger partial charge in [0.1, 0.15) is 0 Å². The Morgan fingerprint density at radius 3 is 2.78 bits per heavy atom. The predicted octanol–water partition coefficient (Wildman–Crippen LogP) is 2.01. The molecule has 1 aliphatic rings. The first-order valence-corrected chi connectivity index (χ1v) is 6.39. The van der Waals surface area contributed by atoms with Crippen molar-refractivity contribution in [2.75, 3.05) is 11.9 Å². The molecule has 1 aliphatic heterocycles. The lowest BCUT2D eigenvalue weighted by Crippen LogP contribution is -2.53. The molecule has 2 rings (SSSR count). The van der Waals surface area contributed by atoms with Gasteiger partial charge in [0, 0.05) is 5.56 Å². The van der Waals surface area contributed by atoms with Crippen molar-refractivity contribution in [1.82, 2.24) is 10.5 Å². The van der Waals surface area contributed by atoms with Crippen molar-refractivity contribution in [3.05, 3.63) is 11.3 Å². The van der Waals surface area contributed by atoms with E-state index >= 15 is 0 Å². The van der Waals surface area contributed by atoms with E-state index in [-0.39, 0.29) is 17.4 Å². The maximum Gasteiger partial charge on any atom is 0.244 e. The van der Waals surface area contributed by atoms with E-state index in [0.717, 1.165) is 30.6 Å². The van der Waals surface area contributed by atoms with Gasteiger partial charge in [0.15, 0.2) is 0 Å². The van der Waals surface area contributed by atoms with Gasteiger partial charge >= 0.3 is 0 Å². The molecule has 2 N–H and O–H groups in total. The van der Waals surface area contributed by atoms with Gasteiger partial charge in [-0.15, -0.1) is 0 Å². The molecule has 0 bridgehead atoms. The molecule has 0 radical (unpaired) electrons. The number of nitrogens with one attached hydrogen (secondary N) is 2. The van der Waals surface area contributed by atoms with Crippen LogP contribution < -0.4 is 10.6 Å². The maximum absolute atomic E-state index is 12.3. The summed E-state index contributed by atoms with van der Waals surface area (Å²) in [6, 6.07) is -0.184. The highest BCUT2D eigenvalue weighted by Gasteiger charge is 2.37. The minimum absolute atomic E-state index is 0.0364. The van der Waals surface area contributed by atoms with Crippen LogP contribution in [0, 0.1) is 19.3 Å². The predicted molar refractivity (Wildman–Crippen MR) is 69.4 cm³/mol. The molecule has 1 amide bonds. The highest BCUT2D eigenvalue weighted by atomic mass is 16.5. The van der Waals surface area contributed by atoms with Crippen LogP contribution in [-0.2, 0) is 4.79 Å². The number of hydrogen-bond donors (Lipinski definition) is 2. The lowest BCUT2D eigenvalue weighted by molar-refractivity contribution is -0.121. The van der Waals surface area contributed by atoms with Gasteiger partial charge in [0.25, 0.3) is 0 Å². The summed E-state index contributed by atoms with van der Waals surface area (Å²) >= 11 is 0. The minimum Gasteiger partial charge on any atom is -0.338 e. The number of nitrogens with zero attached hydrogens (tertiary/aromatic N) is 1. The molecular weight excluding hydrogens is 230 g/mol. The summed E-state index contributed by atoms with van der Waals surface area (Å²) in [6.07, 6.45) is 2.16. The Kier molecular flexibility index (Phi) is 3.43. The molecule has 1 saturated heterocycles. The summed E-state index contributed by atoms with van der Waals surface area (Å²) in [5.41, 5.74) is 1.66. The van der Waals surface area contributed by atoms with Crippen molar-refractivity contribution in [2.45, 2.75) is 46.6 Å². The van der Waals surface area contributed by atoms with Crippen LogP contribution in [-0.4, -0.2) is 23.7 Å². The number of aromatic nitrogens is 1. The molecule has 18 heavy (non-hydrogen) atoms. The van der Waals surface area contributed by atoms with Crippen molar-refractivity contribution in [3.8, 4) is 0 Å². The fraction of sp³-hybridized carbons (Fsp3) is 0.692. The number of carbonyl (C=O) groups excluding carboxylic acids is 1. The van der Waals surface area contributed by atoms with Gasteiger partial charge in [-0.05, 0) is 38.6 Å². The number of anilines is 1. The monoisotopic (exact) mass is 251 g/mol. The van der Waals surface area contributed by atoms with Crippen molar-refractivity contribution < 1.29 is 9.32 Å². The normalized spacial score (nSPS) is 22.8. The number of hydrogen-bond acceptors (Lipinski definition) is 4. The zero-order chi connectivity index (χ0) is 13.3. The first kappa shape index (κ1) is 13.1. The van der Waals surface area contributed by atoms with Crippen LogP contribution in [0.1, 0.15) is 37.9 Å². The van der Waals surface area contributed by atoms with Crippen molar-refractivity contribution >= 4 is 11.8 Å². The first-order chi connectivity index (χ1) is 8.42. The molecule has 1 aromatic rings. The van der Waals surface area contributed by atoms with E-state index in [4.69, 9.17) is 4.52 Å². The highest BCUT2D eigenvalue weighted by molar-refractivity contribution is 5.95. The van der Waals surface area contributed by atoms with Gasteiger partial charge in [-0.3, -0.25) is 10.1 Å². The summed E-state index contributed by atoms with van der Waals surface area (Å²) in [5, 5.41) is 9.95. The van der Waals surface area contributed by atoms with Crippen LogP contribution in [0.25, 0.3) is 0 Å². The number of rotatable bonds is 2. The largest absolute Gasteiger partial charge is 0.338 e. The molecule has 5 nitrogen and oxygen atoms in total. The fourth-order valence-corrected chi connectivity index (χ4v) is 2.37. The summed E-state index contributed by atoms with van der Waals surface area (Å²) in [6.45, 7) is 8.86. The Bertz CT molecular complexity index is 451. The molecule has 1 atom stereocenters. The standard InChI is InChI=1S/C13H21N3O2/c1-8-9(2)16-18-12(8)15-11(17)10-13(3,4)6-5-7-14-10/h10,14H,5-7H2,1-4H3,(H,15,17). The third-order valence-corrected chi connectivity index (χ3v) is 3.78. The lowest BCUT2D eigenvalue weighted by Gasteiger charge is -2.37. The molecule has 0 spiro atoms. The van der Waals surface area contributed by atoms with Gasteiger partial charge in [0.05, 0.1) is 11.7 Å². The Labute approximate surface area is 107 Å². The van der Waals surface area contributed by atoms with Crippen LogP contribution in [0.3, 0.4) is 0 Å².